The van der Waals surface area contributed by atoms with Crippen LogP contribution in [0.5, 0.6) is 0 Å². The maximum atomic E-state index is 5.78. The van der Waals surface area contributed by atoms with Crippen LogP contribution in [0.4, 0.5) is 0 Å². The molecular weight excluding hydrogens is 514 g/mol. The first-order chi connectivity index (χ1) is 20.5. The molecule has 1 aliphatic heterocycles. The summed E-state index contributed by atoms with van der Waals surface area (Å²) in [6.07, 6.45) is 12.4. The lowest BCUT2D eigenvalue weighted by Crippen LogP contribution is -2.42. The van der Waals surface area contributed by atoms with Crippen molar-refractivity contribution < 1.29 is 0 Å². The summed E-state index contributed by atoms with van der Waals surface area (Å²) in [4.78, 5) is 19.8. The lowest BCUT2D eigenvalue weighted by Gasteiger charge is -2.34. The summed E-state index contributed by atoms with van der Waals surface area (Å²) in [5.74, 6) is 0. The fourth-order valence-corrected chi connectivity index (χ4v) is 5.86. The molecule has 5 nitrogen and oxygen atoms in total. The van der Waals surface area contributed by atoms with Gasteiger partial charge in [0, 0.05) is 27.9 Å². The third kappa shape index (κ3) is 4.36. The molecule has 4 heterocycles. The number of hydrogen-bond donors (Lipinski definition) is 1. The minimum atomic E-state index is -0.396. The number of pyridine rings is 3. The number of aromatic nitrogens is 3. The Morgan fingerprint density at radius 2 is 1.57 bits per heavy atom. The molecule has 2 aliphatic rings. The zero-order valence-corrected chi connectivity index (χ0v) is 23.3. The van der Waals surface area contributed by atoms with E-state index >= 15 is 0 Å². The highest BCUT2D eigenvalue weighted by Crippen LogP contribution is 2.38. The minimum absolute atomic E-state index is 0.396. The summed E-state index contributed by atoms with van der Waals surface area (Å²) in [7, 11) is 0. The number of fused-ring (bicyclic) bond motifs is 4. The molecule has 0 saturated carbocycles. The molecule has 7 rings (SSSR count). The summed E-state index contributed by atoms with van der Waals surface area (Å²) in [5, 5.41) is 2.98. The van der Waals surface area contributed by atoms with Crippen LogP contribution in [0.15, 0.2) is 144 Å². The fourth-order valence-electron chi connectivity index (χ4n) is 5.86. The molecule has 0 spiro atoms. The first kappa shape index (κ1) is 25.5. The molecule has 1 unspecified atom stereocenters. The second-order valence-electron chi connectivity index (χ2n) is 10.8. The van der Waals surface area contributed by atoms with Gasteiger partial charge in [-0.25, -0.2) is 9.97 Å². The minimum Gasteiger partial charge on any atom is -0.405 e. The van der Waals surface area contributed by atoms with Crippen LogP contribution in [0, 0.1) is 0 Å². The van der Waals surface area contributed by atoms with Gasteiger partial charge in [0.05, 0.1) is 39.2 Å². The van der Waals surface area contributed by atoms with Gasteiger partial charge in [0.15, 0.2) is 0 Å². The smallest absolute Gasteiger partial charge is 0.0968 e. The number of allylic oxidation sites excluding steroid dienone is 4. The lowest BCUT2D eigenvalue weighted by molar-refractivity contribution is 0.549. The van der Waals surface area contributed by atoms with Crippen molar-refractivity contribution in [2.24, 2.45) is 10.7 Å². The fraction of sp³-hybridized carbons (Fsp3) is 0.0811. The number of nitrogens with two attached hydrogens (primary N) is 1. The average Bonchev–Trinajstić information content (AvgIpc) is 3.04. The third-order valence-corrected chi connectivity index (χ3v) is 8.00. The number of rotatable bonds is 5. The molecule has 0 radical (unpaired) electrons. The molecule has 0 amide bonds. The van der Waals surface area contributed by atoms with Crippen molar-refractivity contribution in [3.8, 4) is 33.9 Å². The Morgan fingerprint density at radius 3 is 2.33 bits per heavy atom. The highest BCUT2D eigenvalue weighted by atomic mass is 14.9. The van der Waals surface area contributed by atoms with E-state index in [0.29, 0.717) is 0 Å². The van der Waals surface area contributed by atoms with Gasteiger partial charge in [0.2, 0.25) is 0 Å². The molecule has 0 saturated heterocycles. The largest absolute Gasteiger partial charge is 0.405 e. The third-order valence-electron chi connectivity index (χ3n) is 8.00. The molecule has 2 N–H and O–H groups in total. The Labute approximate surface area is 244 Å². The van der Waals surface area contributed by atoms with Gasteiger partial charge < -0.3 is 5.73 Å². The Morgan fingerprint density at radius 1 is 0.833 bits per heavy atom. The standard InChI is InChI=1S/C37H29N5/c1-24(20-22-38)34-28-18-16-27-17-19-31(41-35(27)36(28)42-37(2)21-5-3-8-29(34)37)26-14-12-25(13-15-26)30-10-7-11-33(40-30)32-9-4-6-23-39-32/h3-20,22-23H,1,21,38H2,2H3/b22-20-. The molecule has 3 aromatic heterocycles. The highest BCUT2D eigenvalue weighted by molar-refractivity contribution is 5.88. The van der Waals surface area contributed by atoms with Crippen molar-refractivity contribution in [3.05, 3.63) is 150 Å². The van der Waals surface area contributed by atoms with Crippen LogP contribution >= 0.6 is 0 Å². The summed E-state index contributed by atoms with van der Waals surface area (Å²) in [6.45, 7) is 6.53. The maximum absolute atomic E-state index is 5.78. The second-order valence-corrected chi connectivity index (χ2v) is 10.8. The SMILES string of the molecule is C=C(/C=C\N)C1=c2ccc3ccc(-c4ccc(-c5cccc(-c6ccccn6)n5)cc4)nc3c2=NC2(C)CC=CC=C12. The molecule has 0 fully saturated rings. The molecule has 1 aliphatic carbocycles. The van der Waals surface area contributed by atoms with Gasteiger partial charge in [-0.3, -0.25) is 9.98 Å². The van der Waals surface area contributed by atoms with Gasteiger partial charge in [-0.05, 0) is 72.7 Å². The van der Waals surface area contributed by atoms with E-state index in [0.717, 1.165) is 78.5 Å². The van der Waals surface area contributed by atoms with Crippen molar-refractivity contribution in [2.75, 3.05) is 0 Å². The van der Waals surface area contributed by atoms with Crippen molar-refractivity contribution in [2.45, 2.75) is 18.9 Å². The molecule has 1 atom stereocenters. The van der Waals surface area contributed by atoms with Crippen LogP contribution in [0.3, 0.4) is 0 Å². The Kier molecular flexibility index (Phi) is 6.20. The molecule has 202 valence electrons. The normalized spacial score (nSPS) is 17.5. The molecular formula is C37H29N5. The number of benzene rings is 2. The van der Waals surface area contributed by atoms with Crippen molar-refractivity contribution in [3.63, 3.8) is 0 Å². The van der Waals surface area contributed by atoms with E-state index in [-0.39, 0.29) is 0 Å². The Bertz CT molecular complexity index is 2090. The van der Waals surface area contributed by atoms with E-state index in [1.807, 2.05) is 42.5 Å². The van der Waals surface area contributed by atoms with E-state index in [1.165, 1.54) is 0 Å². The predicted molar refractivity (Wildman–Crippen MR) is 171 cm³/mol. The molecule has 5 aromatic rings. The second kappa shape index (κ2) is 10.2. The van der Waals surface area contributed by atoms with E-state index in [1.54, 1.807) is 12.4 Å². The zero-order chi connectivity index (χ0) is 28.7. The molecule has 42 heavy (non-hydrogen) atoms. The topological polar surface area (TPSA) is 77.0 Å². The molecule has 0 bridgehead atoms. The molecule has 5 heteroatoms. The highest BCUT2D eigenvalue weighted by Gasteiger charge is 2.34. The monoisotopic (exact) mass is 543 g/mol. The number of nitrogens with zero attached hydrogens (tertiary/aromatic N) is 4. The van der Waals surface area contributed by atoms with E-state index in [4.69, 9.17) is 20.7 Å². The Hall–Kier alpha value is -5.42. The van der Waals surface area contributed by atoms with Gasteiger partial charge in [0.25, 0.3) is 0 Å². The van der Waals surface area contributed by atoms with E-state index in [9.17, 15) is 0 Å². The summed E-state index contributed by atoms with van der Waals surface area (Å²) in [6, 6.07) is 28.7. The van der Waals surface area contributed by atoms with Gasteiger partial charge in [-0.1, -0.05) is 79.4 Å². The van der Waals surface area contributed by atoms with Crippen LogP contribution in [-0.2, 0) is 0 Å². The predicted octanol–water partition coefficient (Wildman–Crippen LogP) is 6.48. The van der Waals surface area contributed by atoms with Crippen LogP contribution < -0.4 is 16.3 Å². The van der Waals surface area contributed by atoms with Crippen molar-refractivity contribution in [1.29, 1.82) is 0 Å². The zero-order valence-electron chi connectivity index (χ0n) is 23.3. The van der Waals surface area contributed by atoms with Crippen molar-refractivity contribution in [1.82, 2.24) is 15.0 Å². The van der Waals surface area contributed by atoms with Crippen LogP contribution in [0.1, 0.15) is 13.3 Å². The van der Waals surface area contributed by atoms with E-state index < -0.39 is 5.54 Å². The average molecular weight is 544 g/mol. The van der Waals surface area contributed by atoms with Gasteiger partial charge in [-0.15, -0.1) is 0 Å². The lowest BCUT2D eigenvalue weighted by atomic mass is 9.76. The first-order valence-corrected chi connectivity index (χ1v) is 14.0. The van der Waals surface area contributed by atoms with Crippen molar-refractivity contribution >= 4 is 16.5 Å². The quantitative estimate of drug-likeness (QED) is 0.257. The summed E-state index contributed by atoms with van der Waals surface area (Å²) >= 11 is 0. The van der Waals surface area contributed by atoms with Gasteiger partial charge in [-0.2, -0.15) is 0 Å². The Balaban J connectivity index is 1.33. The molecule has 2 aromatic carbocycles. The van der Waals surface area contributed by atoms with Crippen LogP contribution in [-0.4, -0.2) is 20.5 Å². The number of hydrogen-bond acceptors (Lipinski definition) is 5. The summed E-state index contributed by atoms with van der Waals surface area (Å²) < 4.78 is 0. The van der Waals surface area contributed by atoms with Gasteiger partial charge in [0.1, 0.15) is 0 Å². The van der Waals surface area contributed by atoms with Crippen LogP contribution in [0.25, 0.3) is 50.4 Å². The first-order valence-electron chi connectivity index (χ1n) is 14.0. The van der Waals surface area contributed by atoms with Crippen LogP contribution in [0.2, 0.25) is 0 Å². The van der Waals surface area contributed by atoms with Gasteiger partial charge >= 0.3 is 0 Å². The summed E-state index contributed by atoms with van der Waals surface area (Å²) in [5.41, 5.74) is 14.9. The maximum Gasteiger partial charge on any atom is 0.0968 e. The van der Waals surface area contributed by atoms with E-state index in [2.05, 4.69) is 85.2 Å².